The number of piperidine rings is 1. The molecule has 1 atom stereocenters. The van der Waals surface area contributed by atoms with Crippen molar-refractivity contribution in [2.24, 2.45) is 5.41 Å². The molecule has 3 aromatic heterocycles. The minimum Gasteiger partial charge on any atom is -0.497 e. The number of aromatic amines is 1. The Morgan fingerprint density at radius 1 is 0.945 bits per heavy atom. The molecule has 1 saturated carbocycles. The van der Waals surface area contributed by atoms with Crippen LogP contribution in [-0.4, -0.2) is 115 Å². The number of fused-ring (bicyclic) bond motifs is 1. The van der Waals surface area contributed by atoms with Crippen LogP contribution >= 0.6 is 0 Å². The number of aromatic nitrogens is 3. The number of carbonyl (C=O) groups excluding carboxylic acids is 1. The molecule has 17 nitrogen and oxygen atoms in total. The van der Waals surface area contributed by atoms with Crippen molar-refractivity contribution in [3.05, 3.63) is 136 Å². The molecule has 0 bridgehead atoms. The summed E-state index contributed by atoms with van der Waals surface area (Å²) in [5.74, 6) is 1.15. The van der Waals surface area contributed by atoms with Crippen molar-refractivity contribution in [1.29, 1.82) is 0 Å². The fourth-order valence-electron chi connectivity index (χ4n) is 11.2. The number of sulfonamides is 1. The van der Waals surface area contributed by atoms with E-state index in [9.17, 15) is 23.3 Å². The predicted octanol–water partition coefficient (Wildman–Crippen LogP) is 9.15. The lowest BCUT2D eigenvalue weighted by molar-refractivity contribution is -0.384. The maximum absolute atomic E-state index is 15.3. The molecular weight excluding hydrogens is 954 g/mol. The number of benzene rings is 3. The summed E-state index contributed by atoms with van der Waals surface area (Å²) in [6, 6.07) is 26.5. The highest BCUT2D eigenvalue weighted by Crippen LogP contribution is 2.53. The van der Waals surface area contributed by atoms with E-state index in [4.69, 9.17) is 14.2 Å². The molecule has 4 fully saturated rings. The van der Waals surface area contributed by atoms with E-state index in [0.717, 1.165) is 88.2 Å². The summed E-state index contributed by atoms with van der Waals surface area (Å²) < 4.78 is 61.9. The number of piperazine rings is 1. The summed E-state index contributed by atoms with van der Waals surface area (Å²) in [5.41, 5.74) is 2.45. The van der Waals surface area contributed by atoms with Gasteiger partial charge in [0, 0.05) is 114 Å². The van der Waals surface area contributed by atoms with Crippen molar-refractivity contribution in [2.75, 3.05) is 69.8 Å². The first-order chi connectivity index (χ1) is 35.2. The van der Waals surface area contributed by atoms with Gasteiger partial charge in [-0.15, -0.1) is 0 Å². The molecule has 384 valence electrons. The van der Waals surface area contributed by atoms with Crippen molar-refractivity contribution in [2.45, 2.75) is 87.5 Å². The zero-order valence-electron chi connectivity index (χ0n) is 41.4. The summed E-state index contributed by atoms with van der Waals surface area (Å²) in [6.07, 6.45) is 8.93. The number of rotatable bonds is 16. The summed E-state index contributed by atoms with van der Waals surface area (Å²) in [7, 11) is -2.98. The lowest BCUT2D eigenvalue weighted by atomic mass is 9.59. The van der Waals surface area contributed by atoms with Gasteiger partial charge < -0.3 is 29.4 Å². The van der Waals surface area contributed by atoms with E-state index in [0.29, 0.717) is 29.2 Å². The van der Waals surface area contributed by atoms with Crippen molar-refractivity contribution >= 4 is 44.2 Å². The number of carbonyl (C=O) groups is 1. The lowest BCUT2D eigenvalue weighted by Crippen LogP contribution is -2.60. The number of H-pyrrole nitrogens is 1. The van der Waals surface area contributed by atoms with Crippen LogP contribution in [0.4, 0.5) is 21.6 Å². The average molecular weight is 1020 g/mol. The Kier molecular flexibility index (Phi) is 14.1. The van der Waals surface area contributed by atoms with Gasteiger partial charge in [-0.25, -0.2) is 27.5 Å². The van der Waals surface area contributed by atoms with Gasteiger partial charge in [-0.3, -0.25) is 24.7 Å². The fourth-order valence-corrected chi connectivity index (χ4v) is 12.2. The maximum Gasteiger partial charge on any atom is 0.293 e. The average Bonchev–Trinajstić information content (AvgIpc) is 3.86. The van der Waals surface area contributed by atoms with Crippen LogP contribution in [0.15, 0.2) is 108 Å². The molecule has 1 spiro atoms. The summed E-state index contributed by atoms with van der Waals surface area (Å²) in [4.78, 5) is 44.6. The number of hydrogen-bond donors (Lipinski definition) is 3. The van der Waals surface area contributed by atoms with Gasteiger partial charge in [-0.2, -0.15) is 0 Å². The highest BCUT2D eigenvalue weighted by atomic mass is 32.2. The number of alkyl halides is 1. The van der Waals surface area contributed by atoms with Crippen molar-refractivity contribution in [3.8, 4) is 17.2 Å². The first-order valence-corrected chi connectivity index (χ1v) is 26.6. The number of nitrogens with one attached hydrogen (secondary N) is 3. The Hall–Kier alpha value is -6.67. The van der Waals surface area contributed by atoms with Crippen molar-refractivity contribution in [3.63, 3.8) is 0 Å². The normalized spacial score (nSPS) is 19.4. The molecule has 3 saturated heterocycles. The third-order valence-electron chi connectivity index (χ3n) is 15.4. The highest BCUT2D eigenvalue weighted by Gasteiger charge is 2.50. The molecule has 10 rings (SSSR count). The molecule has 6 heterocycles. The lowest BCUT2D eigenvalue weighted by Gasteiger charge is -2.58. The quantitative estimate of drug-likeness (QED) is 0.0613. The first kappa shape index (κ1) is 49.9. The zero-order valence-corrected chi connectivity index (χ0v) is 42.2. The Morgan fingerprint density at radius 3 is 2.45 bits per heavy atom. The fraction of sp³-hybridized carbons (Fsp3) is 0.426. The molecule has 4 aliphatic rings. The Labute approximate surface area is 424 Å². The zero-order chi connectivity index (χ0) is 50.9. The van der Waals surface area contributed by atoms with Crippen molar-refractivity contribution < 1.29 is 36.7 Å². The van der Waals surface area contributed by atoms with Crippen LogP contribution < -0.4 is 24.4 Å². The predicted molar refractivity (Wildman–Crippen MR) is 276 cm³/mol. The molecule has 3 aromatic carbocycles. The van der Waals surface area contributed by atoms with Gasteiger partial charge in [-0.1, -0.05) is 50.2 Å². The van der Waals surface area contributed by atoms with Crippen LogP contribution in [0.2, 0.25) is 0 Å². The molecule has 6 aromatic rings. The second-order valence-corrected chi connectivity index (χ2v) is 22.1. The van der Waals surface area contributed by atoms with Crippen LogP contribution in [0, 0.1) is 15.5 Å². The molecule has 3 N–H and O–H groups in total. The molecule has 3 aliphatic heterocycles. The molecule has 19 heteroatoms. The Morgan fingerprint density at radius 2 is 1.71 bits per heavy atom. The van der Waals surface area contributed by atoms with E-state index in [-0.39, 0.29) is 61.1 Å². The van der Waals surface area contributed by atoms with Crippen LogP contribution in [-0.2, 0) is 21.3 Å². The van der Waals surface area contributed by atoms with Crippen LogP contribution in [0.3, 0.4) is 0 Å². The van der Waals surface area contributed by atoms with Gasteiger partial charge in [0.15, 0.2) is 0 Å². The second kappa shape index (κ2) is 20.7. The number of methoxy groups -OCH3 is 1. The van der Waals surface area contributed by atoms with Gasteiger partial charge in [-0.05, 0) is 90.1 Å². The third kappa shape index (κ3) is 10.9. The number of halogens is 1. The van der Waals surface area contributed by atoms with E-state index in [1.54, 1.807) is 25.4 Å². The van der Waals surface area contributed by atoms with E-state index in [1.807, 2.05) is 18.2 Å². The van der Waals surface area contributed by atoms with Gasteiger partial charge in [0.2, 0.25) is 0 Å². The molecule has 1 aliphatic carbocycles. The number of nitro groups is 1. The monoisotopic (exact) mass is 1020 g/mol. The summed E-state index contributed by atoms with van der Waals surface area (Å²) >= 11 is 0. The van der Waals surface area contributed by atoms with Crippen molar-refractivity contribution in [1.82, 2.24) is 29.5 Å². The van der Waals surface area contributed by atoms with E-state index >= 15 is 4.39 Å². The smallest absolute Gasteiger partial charge is 0.293 e. The highest BCUT2D eigenvalue weighted by molar-refractivity contribution is 7.90. The van der Waals surface area contributed by atoms with Gasteiger partial charge in [0.05, 0.1) is 23.1 Å². The van der Waals surface area contributed by atoms with Gasteiger partial charge in [0.25, 0.3) is 21.6 Å². The largest absolute Gasteiger partial charge is 0.497 e. The molecule has 1 unspecified atom stereocenters. The third-order valence-corrected chi connectivity index (χ3v) is 16.7. The summed E-state index contributed by atoms with van der Waals surface area (Å²) in [6.45, 7) is 10.1. The number of nitro benzene ring substituents is 1. The van der Waals surface area contributed by atoms with Gasteiger partial charge in [0.1, 0.15) is 45.6 Å². The number of pyridine rings is 2. The topological polar surface area (TPSA) is 197 Å². The van der Waals surface area contributed by atoms with Crippen LogP contribution in [0.25, 0.3) is 11.0 Å². The second-order valence-electron chi connectivity index (χ2n) is 20.4. The number of nitrogens with zero attached hydrogens (tertiary/aromatic N) is 6. The molecule has 0 radical (unpaired) electrons. The summed E-state index contributed by atoms with van der Waals surface area (Å²) in [5, 5.41) is 15.7. The van der Waals surface area contributed by atoms with Crippen LogP contribution in [0.5, 0.6) is 17.2 Å². The molecule has 1 amide bonds. The first-order valence-electron chi connectivity index (χ1n) is 25.1. The Bertz CT molecular complexity index is 3080. The van der Waals surface area contributed by atoms with Crippen LogP contribution in [0.1, 0.15) is 91.4 Å². The van der Waals surface area contributed by atoms with E-state index in [2.05, 4.69) is 89.9 Å². The minimum absolute atomic E-state index is 0.0519. The SMILES string of the molecule is COc1ccc(CN2CCN(C3CC4(CCN(c5cc(Oc6cnc7[nH]ccc7c6)c(C(=O)NS(=O)(=O)c6ccc(NCC7(F)CCOCC7)c([N+](=O)[O-])c6)cn5)CC4)C3)C(c3ccccc3C(C)C)C2)cc1. The van der Waals surface area contributed by atoms with Gasteiger partial charge >= 0.3 is 0 Å². The standard InChI is InChI=1S/C54H62FN9O8S/c1-36(2)43-6-4-5-7-44(43)48-34-61(33-37-8-10-40(70-3)11-9-37)22-23-63(48)39-29-53(30-39)15-20-62(21-16-53)50-28-49(72-41-26-38-14-19-56-51(38)58-31-41)45(32-57-50)52(65)60-73(68,69)42-12-13-46(47(27-42)64(66)67)59-35-54(55)17-24-71-25-18-54/h4-14,19,26-28,31-32,36,39,48,59H,15-18,20-25,29-30,33-35H2,1-3H3,(H,56,58)(H,60,65). The van der Waals surface area contributed by atoms with E-state index in [1.165, 1.54) is 35.2 Å². The molecule has 73 heavy (non-hydrogen) atoms. The minimum atomic E-state index is -4.68. The number of amides is 1. The van der Waals surface area contributed by atoms with E-state index < -0.39 is 37.1 Å². The maximum atomic E-state index is 15.3. The molecular formula is C54H62FN9O8S. The number of ether oxygens (including phenoxy) is 3. The Balaban J connectivity index is 0.837. The number of hydrogen-bond acceptors (Lipinski definition) is 14. The number of anilines is 2.